The Kier molecular flexibility index (Phi) is 5.59. The van der Waals surface area contributed by atoms with Crippen molar-refractivity contribution in [2.75, 3.05) is 20.6 Å². The Labute approximate surface area is 104 Å². The molecule has 0 spiro atoms. The van der Waals surface area contributed by atoms with Crippen LogP contribution in [0.4, 0.5) is 4.39 Å². The van der Waals surface area contributed by atoms with Crippen molar-refractivity contribution in [3.8, 4) is 0 Å². The van der Waals surface area contributed by atoms with Crippen molar-refractivity contribution in [2.45, 2.75) is 32.4 Å². The molecule has 2 nitrogen and oxygen atoms in total. The maximum atomic E-state index is 13.0. The number of rotatable bonds is 6. The molecule has 1 N–H and O–H groups in total. The third-order valence-electron chi connectivity index (χ3n) is 3.07. The van der Waals surface area contributed by atoms with Crippen LogP contribution in [0.5, 0.6) is 0 Å². The topological polar surface area (TPSA) is 15.3 Å². The molecule has 0 amide bonds. The summed E-state index contributed by atoms with van der Waals surface area (Å²) in [5.74, 6) is -0.156. The number of benzene rings is 1. The fraction of sp³-hybridized carbons (Fsp3) is 0.571. The van der Waals surface area contributed by atoms with Crippen LogP contribution < -0.4 is 5.32 Å². The largest absolute Gasteiger partial charge is 0.312 e. The summed E-state index contributed by atoms with van der Waals surface area (Å²) < 4.78 is 13.0. The number of hydrogen-bond donors (Lipinski definition) is 1. The minimum atomic E-state index is -0.156. The maximum Gasteiger partial charge on any atom is 0.123 e. The summed E-state index contributed by atoms with van der Waals surface area (Å²) in [6.45, 7) is 5.26. The summed E-state index contributed by atoms with van der Waals surface area (Å²) in [6.07, 6.45) is 0.859. The molecule has 0 aliphatic rings. The third-order valence-corrected chi connectivity index (χ3v) is 3.07. The number of nitrogens with one attached hydrogen (secondary N) is 1. The summed E-state index contributed by atoms with van der Waals surface area (Å²) >= 11 is 0. The summed E-state index contributed by atoms with van der Waals surface area (Å²) in [6, 6.07) is 7.68. The molecule has 17 heavy (non-hydrogen) atoms. The maximum absolute atomic E-state index is 13.0. The van der Waals surface area contributed by atoms with E-state index in [9.17, 15) is 4.39 Å². The zero-order valence-electron chi connectivity index (χ0n) is 11.2. The first-order valence-electron chi connectivity index (χ1n) is 6.13. The molecule has 0 fully saturated rings. The van der Waals surface area contributed by atoms with Gasteiger partial charge in [-0.1, -0.05) is 12.1 Å². The van der Waals surface area contributed by atoms with E-state index in [0.29, 0.717) is 12.1 Å². The molecule has 3 heteroatoms. The molecular weight excluding hydrogens is 215 g/mol. The van der Waals surface area contributed by atoms with E-state index in [1.807, 2.05) is 6.07 Å². The Bertz CT molecular complexity index is 339. The Morgan fingerprint density at radius 1 is 1.29 bits per heavy atom. The predicted molar refractivity (Wildman–Crippen MR) is 70.7 cm³/mol. The Balaban J connectivity index is 2.37. The van der Waals surface area contributed by atoms with Gasteiger partial charge in [-0.15, -0.1) is 0 Å². The third kappa shape index (κ3) is 5.29. The highest BCUT2D eigenvalue weighted by atomic mass is 19.1. The van der Waals surface area contributed by atoms with Gasteiger partial charge >= 0.3 is 0 Å². The van der Waals surface area contributed by atoms with Crippen LogP contribution in [0.1, 0.15) is 19.4 Å². The van der Waals surface area contributed by atoms with E-state index in [2.05, 4.69) is 38.2 Å². The quantitative estimate of drug-likeness (QED) is 0.818. The molecule has 2 atom stereocenters. The molecule has 0 bridgehead atoms. The molecular formula is C14H23FN2. The molecule has 0 heterocycles. The summed E-state index contributed by atoms with van der Waals surface area (Å²) in [5, 5.41) is 3.47. The smallest absolute Gasteiger partial charge is 0.123 e. The van der Waals surface area contributed by atoms with Crippen molar-refractivity contribution in [1.29, 1.82) is 0 Å². The van der Waals surface area contributed by atoms with E-state index < -0.39 is 0 Å². The second-order valence-electron chi connectivity index (χ2n) is 4.96. The fourth-order valence-corrected chi connectivity index (χ4v) is 1.64. The van der Waals surface area contributed by atoms with Crippen LogP contribution >= 0.6 is 0 Å². The van der Waals surface area contributed by atoms with Crippen molar-refractivity contribution in [1.82, 2.24) is 10.2 Å². The van der Waals surface area contributed by atoms with Gasteiger partial charge in [-0.25, -0.2) is 4.39 Å². The van der Waals surface area contributed by atoms with Crippen molar-refractivity contribution in [3.63, 3.8) is 0 Å². The summed E-state index contributed by atoms with van der Waals surface area (Å²) in [5.41, 5.74) is 1.04. The Morgan fingerprint density at radius 2 is 2.00 bits per heavy atom. The highest BCUT2D eigenvalue weighted by Crippen LogP contribution is 2.06. The number of likely N-dealkylation sites (N-methyl/N-ethyl adjacent to an activating group) is 1. The fourth-order valence-electron chi connectivity index (χ4n) is 1.64. The Hall–Kier alpha value is -0.930. The van der Waals surface area contributed by atoms with Gasteiger partial charge in [0.25, 0.3) is 0 Å². The lowest BCUT2D eigenvalue weighted by Gasteiger charge is -2.22. The van der Waals surface area contributed by atoms with Crippen LogP contribution in [0.25, 0.3) is 0 Å². The normalized spacial score (nSPS) is 14.9. The molecule has 2 unspecified atom stereocenters. The predicted octanol–water partition coefficient (Wildman–Crippen LogP) is 2.30. The van der Waals surface area contributed by atoms with Gasteiger partial charge in [0.1, 0.15) is 5.82 Å². The SMILES string of the molecule is CC(Cc1cccc(F)c1)NCC(C)N(C)C. The van der Waals surface area contributed by atoms with Crippen molar-refractivity contribution < 1.29 is 4.39 Å². The lowest BCUT2D eigenvalue weighted by atomic mass is 10.1. The first kappa shape index (κ1) is 14.1. The van der Waals surface area contributed by atoms with Crippen LogP contribution in [0.15, 0.2) is 24.3 Å². The van der Waals surface area contributed by atoms with Crippen LogP contribution in [-0.4, -0.2) is 37.6 Å². The van der Waals surface area contributed by atoms with Crippen molar-refractivity contribution in [3.05, 3.63) is 35.6 Å². The van der Waals surface area contributed by atoms with Gasteiger partial charge < -0.3 is 10.2 Å². The molecule has 0 radical (unpaired) electrons. The van der Waals surface area contributed by atoms with Gasteiger partial charge in [0.15, 0.2) is 0 Å². The molecule has 96 valence electrons. The second-order valence-corrected chi connectivity index (χ2v) is 4.96. The van der Waals surface area contributed by atoms with Crippen LogP contribution in [0, 0.1) is 5.82 Å². The van der Waals surface area contributed by atoms with Crippen LogP contribution in [0.2, 0.25) is 0 Å². The van der Waals surface area contributed by atoms with Crippen molar-refractivity contribution in [2.24, 2.45) is 0 Å². The van der Waals surface area contributed by atoms with Crippen LogP contribution in [0.3, 0.4) is 0 Å². The number of hydrogen-bond acceptors (Lipinski definition) is 2. The molecule has 0 saturated heterocycles. The number of nitrogens with zero attached hydrogens (tertiary/aromatic N) is 1. The lowest BCUT2D eigenvalue weighted by molar-refractivity contribution is 0.295. The average molecular weight is 238 g/mol. The van der Waals surface area contributed by atoms with Gasteiger partial charge in [0, 0.05) is 18.6 Å². The minimum Gasteiger partial charge on any atom is -0.312 e. The zero-order valence-corrected chi connectivity index (χ0v) is 11.2. The minimum absolute atomic E-state index is 0.156. The molecule has 1 aromatic carbocycles. The van der Waals surface area contributed by atoms with E-state index in [4.69, 9.17) is 0 Å². The van der Waals surface area contributed by atoms with E-state index >= 15 is 0 Å². The van der Waals surface area contributed by atoms with Gasteiger partial charge in [0.05, 0.1) is 0 Å². The monoisotopic (exact) mass is 238 g/mol. The molecule has 0 aliphatic carbocycles. The van der Waals surface area contributed by atoms with E-state index in [-0.39, 0.29) is 5.82 Å². The van der Waals surface area contributed by atoms with E-state index in [0.717, 1.165) is 18.5 Å². The van der Waals surface area contributed by atoms with E-state index in [1.165, 1.54) is 6.07 Å². The first-order chi connectivity index (χ1) is 7.99. The number of halogens is 1. The summed E-state index contributed by atoms with van der Waals surface area (Å²) in [4.78, 5) is 2.18. The lowest BCUT2D eigenvalue weighted by Crippen LogP contribution is -2.40. The molecule has 0 aromatic heterocycles. The summed E-state index contributed by atoms with van der Waals surface area (Å²) in [7, 11) is 4.15. The highest BCUT2D eigenvalue weighted by molar-refractivity contribution is 5.17. The second kappa shape index (κ2) is 6.72. The van der Waals surface area contributed by atoms with E-state index in [1.54, 1.807) is 12.1 Å². The first-order valence-corrected chi connectivity index (χ1v) is 6.13. The molecule has 1 rings (SSSR count). The van der Waals surface area contributed by atoms with Gasteiger partial charge in [-0.2, -0.15) is 0 Å². The molecule has 0 aliphatic heterocycles. The average Bonchev–Trinajstić information content (AvgIpc) is 2.25. The highest BCUT2D eigenvalue weighted by Gasteiger charge is 2.08. The zero-order chi connectivity index (χ0) is 12.8. The molecule has 0 saturated carbocycles. The van der Waals surface area contributed by atoms with Gasteiger partial charge in [-0.3, -0.25) is 0 Å². The van der Waals surface area contributed by atoms with Crippen LogP contribution in [-0.2, 0) is 6.42 Å². The molecule has 1 aromatic rings. The standard InChI is InChI=1S/C14H23FN2/c1-11(16-10-12(2)17(3)4)8-13-6-5-7-14(15)9-13/h5-7,9,11-12,16H,8,10H2,1-4H3. The van der Waals surface area contributed by atoms with Gasteiger partial charge in [0.2, 0.25) is 0 Å². The Morgan fingerprint density at radius 3 is 2.59 bits per heavy atom. The van der Waals surface area contributed by atoms with Crippen molar-refractivity contribution >= 4 is 0 Å². The van der Waals surface area contributed by atoms with Gasteiger partial charge in [-0.05, 0) is 52.1 Å².